The van der Waals surface area contributed by atoms with E-state index in [9.17, 15) is 9.18 Å². The van der Waals surface area contributed by atoms with E-state index in [0.29, 0.717) is 11.1 Å². The summed E-state index contributed by atoms with van der Waals surface area (Å²) in [4.78, 5) is 20.1. The van der Waals surface area contributed by atoms with Crippen LogP contribution in [0, 0.1) is 5.82 Å². The van der Waals surface area contributed by atoms with Crippen LogP contribution in [0.25, 0.3) is 22.7 Å². The van der Waals surface area contributed by atoms with Gasteiger partial charge in [0.1, 0.15) is 5.82 Å². The van der Waals surface area contributed by atoms with Crippen molar-refractivity contribution in [1.29, 1.82) is 0 Å². The number of thiazole rings is 1. The second-order valence-electron chi connectivity index (χ2n) is 11.0. The Morgan fingerprint density at radius 2 is 1.70 bits per heavy atom. The van der Waals surface area contributed by atoms with Gasteiger partial charge in [-0.1, -0.05) is 94.0 Å². The topological polar surface area (TPSA) is 39.3 Å². The summed E-state index contributed by atoms with van der Waals surface area (Å²) in [6.45, 7) is 0.603. The van der Waals surface area contributed by atoms with Crippen LogP contribution in [-0.4, -0.2) is 9.13 Å². The van der Waals surface area contributed by atoms with Crippen molar-refractivity contribution in [3.05, 3.63) is 167 Å². The van der Waals surface area contributed by atoms with Crippen LogP contribution in [0.2, 0.25) is 0 Å². The smallest absolute Gasteiger partial charge is 0.271 e. The Morgan fingerprint density at radius 1 is 0.930 bits per heavy atom. The first-order valence-electron chi connectivity index (χ1n) is 14.2. The molecule has 3 heterocycles. The maximum Gasteiger partial charge on any atom is 0.271 e. The second kappa shape index (κ2) is 10.4. The Hall–Kier alpha value is -4.33. The molecule has 4 nitrogen and oxygen atoms in total. The average molecular weight is 647 g/mol. The fraction of sp³-hybridized carbons (Fsp3) is 0.111. The van der Waals surface area contributed by atoms with Crippen LogP contribution in [0.1, 0.15) is 40.3 Å². The Kier molecular flexibility index (Phi) is 6.38. The van der Waals surface area contributed by atoms with Crippen LogP contribution in [0.15, 0.2) is 123 Å². The van der Waals surface area contributed by atoms with E-state index in [1.165, 1.54) is 34.6 Å². The van der Waals surface area contributed by atoms with Crippen molar-refractivity contribution >= 4 is 49.9 Å². The molecule has 210 valence electrons. The number of rotatable bonds is 4. The first-order chi connectivity index (χ1) is 21.0. The van der Waals surface area contributed by atoms with Gasteiger partial charge in [0.15, 0.2) is 4.80 Å². The molecular formula is C36H25BrFN3OS. The highest BCUT2D eigenvalue weighted by Crippen LogP contribution is 2.41. The number of halogens is 2. The van der Waals surface area contributed by atoms with Crippen molar-refractivity contribution in [3.63, 3.8) is 0 Å². The van der Waals surface area contributed by atoms with Gasteiger partial charge in [-0.15, -0.1) is 0 Å². The summed E-state index contributed by atoms with van der Waals surface area (Å²) in [6.07, 6.45) is 5.87. The van der Waals surface area contributed by atoms with Crippen molar-refractivity contribution in [2.24, 2.45) is 4.99 Å². The molecule has 1 atom stereocenters. The fourth-order valence-electron chi connectivity index (χ4n) is 6.42. The molecule has 0 bridgehead atoms. The molecule has 0 amide bonds. The third-order valence-corrected chi connectivity index (χ3v) is 9.94. The van der Waals surface area contributed by atoms with Crippen molar-refractivity contribution in [2.45, 2.75) is 25.4 Å². The first kappa shape index (κ1) is 26.3. The van der Waals surface area contributed by atoms with Gasteiger partial charge < -0.3 is 4.57 Å². The Morgan fingerprint density at radius 3 is 2.53 bits per heavy atom. The zero-order valence-electron chi connectivity index (χ0n) is 23.0. The van der Waals surface area contributed by atoms with Crippen LogP contribution in [-0.2, 0) is 13.0 Å². The molecule has 0 N–H and O–H groups in total. The second-order valence-corrected chi connectivity index (χ2v) is 12.9. The average Bonchev–Trinajstić information content (AvgIpc) is 3.54. The molecule has 4 aromatic carbocycles. The number of nitrogens with zero attached hydrogens (tertiary/aromatic N) is 3. The summed E-state index contributed by atoms with van der Waals surface area (Å²) in [6, 6.07) is 31.3. The molecule has 6 aromatic rings. The van der Waals surface area contributed by atoms with E-state index in [1.807, 2.05) is 47.0 Å². The molecule has 0 radical (unpaired) electrons. The number of para-hydroxylation sites is 1. The normalized spacial score (nSPS) is 16.1. The lowest BCUT2D eigenvalue weighted by molar-refractivity contribution is 0.585. The van der Waals surface area contributed by atoms with Gasteiger partial charge >= 0.3 is 0 Å². The molecule has 2 aromatic heterocycles. The maximum atomic E-state index is 14.3. The zero-order valence-corrected chi connectivity index (χ0v) is 25.4. The van der Waals surface area contributed by atoms with Gasteiger partial charge in [0, 0.05) is 39.2 Å². The van der Waals surface area contributed by atoms with E-state index in [0.717, 1.165) is 61.0 Å². The summed E-state index contributed by atoms with van der Waals surface area (Å²) in [7, 11) is 0. The number of hydrogen-bond donors (Lipinski definition) is 0. The zero-order chi connectivity index (χ0) is 29.1. The highest BCUT2D eigenvalue weighted by molar-refractivity contribution is 9.10. The summed E-state index contributed by atoms with van der Waals surface area (Å²) in [5.74, 6) is -0.246. The summed E-state index contributed by atoms with van der Waals surface area (Å²) < 4.78 is 19.2. The molecule has 7 heteroatoms. The van der Waals surface area contributed by atoms with Crippen LogP contribution in [0.3, 0.4) is 0 Å². The minimum Gasteiger partial charge on any atom is -0.342 e. The van der Waals surface area contributed by atoms with Gasteiger partial charge in [-0.3, -0.25) is 9.36 Å². The summed E-state index contributed by atoms with van der Waals surface area (Å²) >= 11 is 5.02. The van der Waals surface area contributed by atoms with Gasteiger partial charge in [0.25, 0.3) is 5.56 Å². The summed E-state index contributed by atoms with van der Waals surface area (Å²) in [5.41, 5.74) is 8.73. The van der Waals surface area contributed by atoms with Crippen molar-refractivity contribution < 1.29 is 4.39 Å². The predicted octanol–water partition coefficient (Wildman–Crippen LogP) is 7.22. The molecule has 1 aliphatic heterocycles. The number of aromatic nitrogens is 2. The molecule has 0 spiro atoms. The number of aryl methyl sites for hydroxylation is 1. The predicted molar refractivity (Wildman–Crippen MR) is 174 cm³/mol. The molecule has 1 unspecified atom stereocenters. The van der Waals surface area contributed by atoms with Crippen molar-refractivity contribution in [1.82, 2.24) is 9.13 Å². The highest BCUT2D eigenvalue weighted by atomic mass is 79.9. The SMILES string of the molecule is O=c1/c(=C\c2cn(Cc3ccc(F)cc3)c3ccccc23)sc2n1C(c1ccc(Br)cc1)C1=C(N=2)c2ccccc2CC1. The Labute approximate surface area is 259 Å². The standard InChI is InChI=1S/C36H25BrFN3OS/c37-26-14-11-24(12-15-26)34-30-18-13-23-5-1-2-7-29(23)33(30)39-36-41(34)35(42)32(43-36)19-25-21-40(31-8-4-3-6-28(25)31)20-22-9-16-27(38)17-10-22/h1-12,14-17,19,21,34H,13,18,20H2/b32-19+. The Balaban J connectivity index is 1.31. The molecule has 0 saturated heterocycles. The molecule has 2 aliphatic rings. The minimum atomic E-state index is -0.246. The van der Waals surface area contributed by atoms with E-state index in [2.05, 4.69) is 75.2 Å². The molecule has 0 fully saturated rings. The number of benzene rings is 4. The molecular weight excluding hydrogens is 621 g/mol. The maximum absolute atomic E-state index is 14.3. The number of allylic oxidation sites excluding steroid dienone is 1. The first-order valence-corrected chi connectivity index (χ1v) is 15.9. The lowest BCUT2D eigenvalue weighted by Crippen LogP contribution is -2.38. The van der Waals surface area contributed by atoms with Crippen LogP contribution < -0.4 is 14.9 Å². The highest BCUT2D eigenvalue weighted by Gasteiger charge is 2.32. The summed E-state index contributed by atoms with van der Waals surface area (Å²) in [5, 5.41) is 1.06. The minimum absolute atomic E-state index is 0.0301. The third-order valence-electron chi connectivity index (χ3n) is 8.43. The van der Waals surface area contributed by atoms with Crippen LogP contribution in [0.5, 0.6) is 0 Å². The monoisotopic (exact) mass is 645 g/mol. The molecule has 43 heavy (non-hydrogen) atoms. The van der Waals surface area contributed by atoms with Crippen LogP contribution in [0.4, 0.5) is 4.39 Å². The van der Waals surface area contributed by atoms with Gasteiger partial charge in [0.2, 0.25) is 0 Å². The van der Waals surface area contributed by atoms with E-state index < -0.39 is 0 Å². The van der Waals surface area contributed by atoms with E-state index >= 15 is 0 Å². The molecule has 8 rings (SSSR count). The lowest BCUT2D eigenvalue weighted by Gasteiger charge is -2.30. The van der Waals surface area contributed by atoms with Crippen LogP contribution >= 0.6 is 27.3 Å². The molecule has 1 aliphatic carbocycles. The van der Waals surface area contributed by atoms with E-state index in [4.69, 9.17) is 4.99 Å². The number of fused-ring (bicyclic) bond motifs is 4. The van der Waals surface area contributed by atoms with Gasteiger partial charge in [-0.05, 0) is 71.5 Å². The van der Waals surface area contributed by atoms with Gasteiger partial charge in [0.05, 0.1) is 16.3 Å². The molecule has 0 saturated carbocycles. The third kappa shape index (κ3) is 4.55. The van der Waals surface area contributed by atoms with E-state index in [-0.39, 0.29) is 17.4 Å². The van der Waals surface area contributed by atoms with Crippen molar-refractivity contribution in [3.8, 4) is 0 Å². The largest absolute Gasteiger partial charge is 0.342 e. The fourth-order valence-corrected chi connectivity index (χ4v) is 7.67. The van der Waals surface area contributed by atoms with Gasteiger partial charge in [-0.2, -0.15) is 0 Å². The lowest BCUT2D eigenvalue weighted by atomic mass is 9.83. The van der Waals surface area contributed by atoms with Gasteiger partial charge in [-0.25, -0.2) is 9.38 Å². The Bertz CT molecular complexity index is 2260. The van der Waals surface area contributed by atoms with Crippen molar-refractivity contribution in [2.75, 3.05) is 0 Å². The van der Waals surface area contributed by atoms with E-state index in [1.54, 1.807) is 0 Å². The number of hydrogen-bond acceptors (Lipinski definition) is 3. The quantitative estimate of drug-likeness (QED) is 0.199.